The van der Waals surface area contributed by atoms with Crippen molar-refractivity contribution >= 4 is 21.4 Å². The second-order valence-corrected chi connectivity index (χ2v) is 8.92. The first-order chi connectivity index (χ1) is 12.4. The molecule has 0 saturated carbocycles. The number of hydrogen-bond acceptors (Lipinski definition) is 4. The molecule has 1 aliphatic rings. The Morgan fingerprint density at radius 2 is 1.81 bits per heavy atom. The van der Waals surface area contributed by atoms with E-state index in [1.807, 2.05) is 20.2 Å². The summed E-state index contributed by atoms with van der Waals surface area (Å²) in [5.74, 6) is 0.0931. The predicted octanol–water partition coefficient (Wildman–Crippen LogP) is 2.80. The first-order valence-electron chi connectivity index (χ1n) is 9.00. The molecule has 5 nitrogen and oxygen atoms in total. The first kappa shape index (κ1) is 18.7. The summed E-state index contributed by atoms with van der Waals surface area (Å²) in [7, 11) is 0.789. The van der Waals surface area contributed by atoms with Crippen molar-refractivity contribution in [3.05, 3.63) is 59.7 Å². The number of para-hydroxylation sites is 1. The molecule has 140 valence electrons. The second-order valence-electron chi connectivity index (χ2n) is 6.83. The van der Waals surface area contributed by atoms with Gasteiger partial charge in [0.15, 0.2) is 0 Å². The van der Waals surface area contributed by atoms with Crippen LogP contribution in [0, 0.1) is 0 Å². The fourth-order valence-electron chi connectivity index (χ4n) is 3.40. The minimum absolute atomic E-state index is 0.0313. The largest absolute Gasteiger partial charge is 0.378 e. The Bertz CT molecular complexity index is 848. The highest BCUT2D eigenvalue weighted by molar-refractivity contribution is 7.89. The lowest BCUT2D eigenvalue weighted by molar-refractivity contribution is 0.564. The summed E-state index contributed by atoms with van der Waals surface area (Å²) in [4.78, 5) is 4.38. The van der Waals surface area contributed by atoms with Gasteiger partial charge in [-0.25, -0.2) is 13.1 Å². The molecule has 0 saturated heterocycles. The summed E-state index contributed by atoms with van der Waals surface area (Å²) in [5.41, 5.74) is 4.76. The fraction of sp³-hybridized carbons (Fsp3) is 0.400. The Morgan fingerprint density at radius 1 is 1.12 bits per heavy atom. The molecule has 1 aliphatic heterocycles. The molecule has 0 spiro atoms. The Hall–Kier alpha value is -2.05. The molecule has 1 N–H and O–H groups in total. The van der Waals surface area contributed by atoms with Crippen molar-refractivity contribution < 1.29 is 8.42 Å². The van der Waals surface area contributed by atoms with E-state index in [0.29, 0.717) is 6.54 Å². The minimum Gasteiger partial charge on any atom is -0.378 e. The highest BCUT2D eigenvalue weighted by Gasteiger charge is 2.28. The molecule has 0 unspecified atom stereocenters. The quantitative estimate of drug-likeness (QED) is 0.811. The van der Waals surface area contributed by atoms with Crippen LogP contribution < -0.4 is 14.5 Å². The lowest BCUT2D eigenvalue weighted by Crippen LogP contribution is -2.38. The van der Waals surface area contributed by atoms with Gasteiger partial charge in [-0.2, -0.15) is 0 Å². The van der Waals surface area contributed by atoms with Crippen molar-refractivity contribution in [2.24, 2.45) is 0 Å². The van der Waals surface area contributed by atoms with Gasteiger partial charge in [0.05, 0.1) is 11.8 Å². The van der Waals surface area contributed by atoms with E-state index in [1.54, 1.807) is 6.92 Å². The Morgan fingerprint density at radius 3 is 2.46 bits per heavy atom. The summed E-state index contributed by atoms with van der Waals surface area (Å²) < 4.78 is 26.8. The van der Waals surface area contributed by atoms with Gasteiger partial charge >= 0.3 is 0 Å². The predicted molar refractivity (Wildman–Crippen MR) is 108 cm³/mol. The minimum atomic E-state index is -3.24. The van der Waals surface area contributed by atoms with E-state index in [-0.39, 0.29) is 11.8 Å². The second kappa shape index (κ2) is 7.68. The molecule has 26 heavy (non-hydrogen) atoms. The van der Waals surface area contributed by atoms with Crippen molar-refractivity contribution in [1.82, 2.24) is 4.72 Å². The zero-order chi connectivity index (χ0) is 18.7. The summed E-state index contributed by atoms with van der Waals surface area (Å²) in [5, 5.41) is 0. The third kappa shape index (κ3) is 4.02. The summed E-state index contributed by atoms with van der Waals surface area (Å²) in [6, 6.07) is 16.7. The van der Waals surface area contributed by atoms with Crippen molar-refractivity contribution in [2.75, 3.05) is 42.7 Å². The number of rotatable bonds is 7. The molecule has 0 bridgehead atoms. The van der Waals surface area contributed by atoms with Gasteiger partial charge in [0.25, 0.3) is 0 Å². The van der Waals surface area contributed by atoms with E-state index in [2.05, 4.69) is 57.0 Å². The SMILES string of the molecule is CCS(=O)(=O)NC[C@H](c1ccc(N(C)C)cc1)N1CCc2ccccc21. The summed E-state index contributed by atoms with van der Waals surface area (Å²) >= 11 is 0. The number of nitrogens with one attached hydrogen (secondary N) is 1. The van der Waals surface area contributed by atoms with Crippen LogP contribution in [0.1, 0.15) is 24.1 Å². The molecule has 0 amide bonds. The third-order valence-corrected chi connectivity index (χ3v) is 6.34. The molecule has 3 rings (SSSR count). The molecule has 0 aromatic heterocycles. The van der Waals surface area contributed by atoms with Gasteiger partial charge in [-0.1, -0.05) is 30.3 Å². The highest BCUT2D eigenvalue weighted by atomic mass is 32.2. The van der Waals surface area contributed by atoms with Crippen molar-refractivity contribution in [1.29, 1.82) is 0 Å². The van der Waals surface area contributed by atoms with Gasteiger partial charge in [-0.05, 0) is 42.7 Å². The highest BCUT2D eigenvalue weighted by Crippen LogP contribution is 2.35. The zero-order valence-corrected chi connectivity index (χ0v) is 16.5. The van der Waals surface area contributed by atoms with Crippen LogP contribution in [0.3, 0.4) is 0 Å². The Balaban J connectivity index is 1.92. The van der Waals surface area contributed by atoms with Crippen LogP contribution in [0.25, 0.3) is 0 Å². The van der Waals surface area contributed by atoms with Crippen LogP contribution in [0.4, 0.5) is 11.4 Å². The molecule has 0 aliphatic carbocycles. The maximum Gasteiger partial charge on any atom is 0.211 e. The number of hydrogen-bond donors (Lipinski definition) is 1. The van der Waals surface area contributed by atoms with Crippen molar-refractivity contribution in [3.8, 4) is 0 Å². The summed E-state index contributed by atoms with van der Waals surface area (Å²) in [6.45, 7) is 2.92. The first-order valence-corrected chi connectivity index (χ1v) is 10.7. The van der Waals surface area contributed by atoms with Crippen LogP contribution in [-0.2, 0) is 16.4 Å². The maximum absolute atomic E-state index is 12.0. The average molecular weight is 374 g/mol. The molecule has 1 heterocycles. The smallest absolute Gasteiger partial charge is 0.211 e. The molecule has 6 heteroatoms. The fourth-order valence-corrected chi connectivity index (χ4v) is 4.01. The van der Waals surface area contributed by atoms with Crippen molar-refractivity contribution in [2.45, 2.75) is 19.4 Å². The molecular formula is C20H27N3O2S. The van der Waals surface area contributed by atoms with Gasteiger partial charge in [0, 0.05) is 38.6 Å². The number of benzene rings is 2. The maximum atomic E-state index is 12.0. The van der Waals surface area contributed by atoms with Crippen LogP contribution >= 0.6 is 0 Å². The Labute approximate surface area is 156 Å². The number of anilines is 2. The van der Waals surface area contributed by atoms with Gasteiger partial charge in [-0.3, -0.25) is 0 Å². The van der Waals surface area contributed by atoms with Crippen LogP contribution in [0.5, 0.6) is 0 Å². The summed E-state index contributed by atoms with van der Waals surface area (Å²) in [6.07, 6.45) is 0.989. The number of fused-ring (bicyclic) bond motifs is 1. The molecule has 1 atom stereocenters. The number of sulfonamides is 1. The topological polar surface area (TPSA) is 52.7 Å². The normalized spacial score (nSPS) is 15.0. The monoisotopic (exact) mass is 373 g/mol. The lowest BCUT2D eigenvalue weighted by Gasteiger charge is -2.31. The Kier molecular flexibility index (Phi) is 5.53. The van der Waals surface area contributed by atoms with E-state index < -0.39 is 10.0 Å². The standard InChI is InChI=1S/C20H27N3O2S/c1-4-26(24,25)21-15-20(17-9-11-18(12-10-17)22(2)3)23-14-13-16-7-5-6-8-19(16)23/h5-12,20-21H,4,13-15H2,1-3H3/t20-/m1/s1. The number of nitrogens with zero attached hydrogens (tertiary/aromatic N) is 2. The van der Waals surface area contributed by atoms with E-state index >= 15 is 0 Å². The molecule has 0 radical (unpaired) electrons. The molecule has 2 aromatic carbocycles. The van der Waals surface area contributed by atoms with Crippen LogP contribution in [0.15, 0.2) is 48.5 Å². The molecule has 2 aromatic rings. The average Bonchev–Trinajstić information content (AvgIpc) is 3.06. The van der Waals surface area contributed by atoms with Gasteiger partial charge in [0.2, 0.25) is 10.0 Å². The zero-order valence-electron chi connectivity index (χ0n) is 15.6. The van der Waals surface area contributed by atoms with Crippen molar-refractivity contribution in [3.63, 3.8) is 0 Å². The van der Waals surface area contributed by atoms with E-state index in [1.165, 1.54) is 11.3 Å². The van der Waals surface area contributed by atoms with Gasteiger partial charge in [-0.15, -0.1) is 0 Å². The third-order valence-electron chi connectivity index (χ3n) is 4.97. The lowest BCUT2D eigenvalue weighted by atomic mass is 10.0. The van der Waals surface area contributed by atoms with Crippen LogP contribution in [0.2, 0.25) is 0 Å². The molecule has 0 fully saturated rings. The van der Waals surface area contributed by atoms with Gasteiger partial charge < -0.3 is 9.80 Å². The van der Waals surface area contributed by atoms with Crippen LogP contribution in [-0.4, -0.2) is 41.4 Å². The van der Waals surface area contributed by atoms with E-state index in [9.17, 15) is 8.42 Å². The van der Waals surface area contributed by atoms with E-state index in [0.717, 1.165) is 24.2 Å². The molecular weight excluding hydrogens is 346 g/mol. The van der Waals surface area contributed by atoms with Gasteiger partial charge in [0.1, 0.15) is 0 Å². The van der Waals surface area contributed by atoms with E-state index in [4.69, 9.17) is 0 Å².